The van der Waals surface area contributed by atoms with Crippen molar-refractivity contribution in [3.05, 3.63) is 35.3 Å². The Morgan fingerprint density at radius 1 is 1.19 bits per heavy atom. The Morgan fingerprint density at radius 2 is 2.00 bits per heavy atom. The molecule has 2 N–H and O–H groups in total. The number of hydrogen-bond acceptors (Lipinski definition) is 5. The Bertz CT molecular complexity index is 787. The summed E-state index contributed by atoms with van der Waals surface area (Å²) in [5.41, 5.74) is 0.892. The molecule has 2 aromatic rings. The molecule has 2 heterocycles. The number of aromatic nitrogens is 1. The van der Waals surface area contributed by atoms with E-state index < -0.39 is 5.60 Å². The summed E-state index contributed by atoms with van der Waals surface area (Å²) in [6, 6.07) is 8.36. The molecule has 4 aliphatic rings. The highest BCUT2D eigenvalue weighted by Crippen LogP contribution is 2.57. The Morgan fingerprint density at radius 3 is 2.65 bits per heavy atom. The number of ether oxygens (including phenoxy) is 1. The van der Waals surface area contributed by atoms with Crippen molar-refractivity contribution in [2.24, 2.45) is 11.8 Å². The van der Waals surface area contributed by atoms with Gasteiger partial charge < -0.3 is 15.2 Å². The molecule has 0 amide bonds. The standard InChI is InChI=1S/C21H26N2O2S/c1-25-19-5-2-16(11-22-19)18-4-3-17(26-18)12-23-20-7-14-6-15(8-20)10-21(24,9-14)13-20/h2-5,11,14-15,23-24H,6-10,12-13H2,1H3. The molecule has 6 rings (SSSR count). The number of pyridine rings is 1. The first kappa shape index (κ1) is 16.7. The molecule has 0 aromatic carbocycles. The second-order valence-electron chi connectivity index (χ2n) is 8.67. The maximum Gasteiger partial charge on any atom is 0.212 e. The highest BCUT2D eigenvalue weighted by molar-refractivity contribution is 7.15. The fraction of sp³-hybridized carbons (Fsp3) is 0.571. The van der Waals surface area contributed by atoms with Crippen LogP contribution in [-0.2, 0) is 6.54 Å². The van der Waals surface area contributed by atoms with Crippen LogP contribution in [0.4, 0.5) is 0 Å². The molecule has 4 nitrogen and oxygen atoms in total. The maximum atomic E-state index is 10.9. The normalized spacial score (nSPS) is 35.0. The SMILES string of the molecule is COc1ccc(-c2ccc(CNC34CC5CC(CC(O)(C5)C3)C4)s2)cn1. The van der Waals surface area contributed by atoms with E-state index in [1.807, 2.05) is 23.6 Å². The van der Waals surface area contributed by atoms with Gasteiger partial charge in [0.1, 0.15) is 0 Å². The molecule has 0 aliphatic heterocycles. The van der Waals surface area contributed by atoms with E-state index in [0.29, 0.717) is 5.88 Å². The molecule has 4 fully saturated rings. The highest BCUT2D eigenvalue weighted by atomic mass is 32.1. The van der Waals surface area contributed by atoms with Crippen molar-refractivity contribution >= 4 is 11.3 Å². The molecule has 0 saturated heterocycles. The molecule has 4 saturated carbocycles. The average molecular weight is 371 g/mol. The topological polar surface area (TPSA) is 54.4 Å². The molecular weight excluding hydrogens is 344 g/mol. The van der Waals surface area contributed by atoms with Crippen molar-refractivity contribution in [1.29, 1.82) is 0 Å². The first-order valence-corrected chi connectivity index (χ1v) is 10.4. The molecule has 0 spiro atoms. The molecule has 4 aliphatic carbocycles. The minimum atomic E-state index is -0.396. The Kier molecular flexibility index (Phi) is 3.89. The third kappa shape index (κ3) is 2.96. The van der Waals surface area contributed by atoms with Gasteiger partial charge in [0.25, 0.3) is 0 Å². The summed E-state index contributed by atoms with van der Waals surface area (Å²) in [5, 5.41) is 14.8. The molecule has 138 valence electrons. The van der Waals surface area contributed by atoms with Gasteiger partial charge in [0, 0.05) is 39.7 Å². The third-order valence-corrected chi connectivity index (χ3v) is 7.69. The molecule has 2 aromatic heterocycles. The lowest BCUT2D eigenvalue weighted by Gasteiger charge is -2.60. The zero-order valence-corrected chi connectivity index (χ0v) is 16.0. The van der Waals surface area contributed by atoms with Crippen LogP contribution in [0.2, 0.25) is 0 Å². The van der Waals surface area contributed by atoms with E-state index in [4.69, 9.17) is 4.74 Å². The lowest BCUT2D eigenvalue weighted by Crippen LogP contribution is -2.64. The number of nitrogens with one attached hydrogen (secondary N) is 1. The number of thiophene rings is 1. The minimum Gasteiger partial charge on any atom is -0.481 e. The van der Waals surface area contributed by atoms with Gasteiger partial charge in [0.2, 0.25) is 5.88 Å². The summed E-state index contributed by atoms with van der Waals surface area (Å²) in [5.74, 6) is 2.09. The van der Waals surface area contributed by atoms with Crippen molar-refractivity contribution in [2.75, 3.05) is 7.11 Å². The van der Waals surface area contributed by atoms with Crippen molar-refractivity contribution in [2.45, 2.75) is 56.2 Å². The smallest absolute Gasteiger partial charge is 0.212 e. The molecule has 2 atom stereocenters. The van der Waals surface area contributed by atoms with Gasteiger partial charge >= 0.3 is 0 Å². The first-order chi connectivity index (χ1) is 12.5. The fourth-order valence-corrected chi connectivity index (χ4v) is 6.91. The molecule has 26 heavy (non-hydrogen) atoms. The predicted octanol–water partition coefficient (Wildman–Crippen LogP) is 3.99. The van der Waals surface area contributed by atoms with Crippen LogP contribution in [0.25, 0.3) is 10.4 Å². The molecule has 4 bridgehead atoms. The summed E-state index contributed by atoms with van der Waals surface area (Å²) in [7, 11) is 1.64. The quantitative estimate of drug-likeness (QED) is 0.835. The van der Waals surface area contributed by atoms with Crippen molar-refractivity contribution < 1.29 is 9.84 Å². The van der Waals surface area contributed by atoms with Gasteiger partial charge in [-0.3, -0.25) is 0 Å². The second kappa shape index (κ2) is 6.04. The summed E-state index contributed by atoms with van der Waals surface area (Å²) in [6.45, 7) is 0.893. The first-order valence-electron chi connectivity index (χ1n) is 9.61. The number of hydrogen-bond donors (Lipinski definition) is 2. The minimum absolute atomic E-state index is 0.157. The second-order valence-corrected chi connectivity index (χ2v) is 9.84. The molecular formula is C21H26N2O2S. The molecule has 5 heteroatoms. The summed E-state index contributed by atoms with van der Waals surface area (Å²) >= 11 is 1.82. The van der Waals surface area contributed by atoms with Gasteiger partial charge in [-0.15, -0.1) is 11.3 Å². The van der Waals surface area contributed by atoms with Gasteiger partial charge in [-0.1, -0.05) is 0 Å². The Hall–Kier alpha value is -1.43. The van der Waals surface area contributed by atoms with E-state index in [1.165, 1.54) is 29.0 Å². The van der Waals surface area contributed by atoms with E-state index in [2.05, 4.69) is 28.5 Å². The number of rotatable bonds is 5. The summed E-state index contributed by atoms with van der Waals surface area (Å²) in [6.07, 6.45) is 8.68. The molecule has 2 unspecified atom stereocenters. The molecule has 0 radical (unpaired) electrons. The van der Waals surface area contributed by atoms with Crippen LogP contribution in [0.1, 0.15) is 43.4 Å². The Balaban J connectivity index is 1.28. The largest absolute Gasteiger partial charge is 0.481 e. The highest BCUT2D eigenvalue weighted by Gasteiger charge is 2.56. The fourth-order valence-electron chi connectivity index (χ4n) is 5.97. The van der Waals surface area contributed by atoms with Crippen molar-refractivity contribution in [3.63, 3.8) is 0 Å². The number of nitrogens with zero attached hydrogens (tertiary/aromatic N) is 1. The van der Waals surface area contributed by atoms with Crippen molar-refractivity contribution in [1.82, 2.24) is 10.3 Å². The zero-order chi connectivity index (χ0) is 17.8. The lowest BCUT2D eigenvalue weighted by molar-refractivity contribution is -0.142. The van der Waals surface area contributed by atoms with Gasteiger partial charge in [-0.2, -0.15) is 0 Å². The predicted molar refractivity (Wildman–Crippen MR) is 103 cm³/mol. The van der Waals surface area contributed by atoms with Gasteiger partial charge in [0.05, 0.1) is 12.7 Å². The monoisotopic (exact) mass is 370 g/mol. The zero-order valence-electron chi connectivity index (χ0n) is 15.2. The van der Waals surface area contributed by atoms with E-state index in [0.717, 1.165) is 43.2 Å². The average Bonchev–Trinajstić information content (AvgIpc) is 3.07. The number of methoxy groups -OCH3 is 1. The van der Waals surface area contributed by atoms with Crippen LogP contribution < -0.4 is 10.1 Å². The van der Waals surface area contributed by atoms with Gasteiger partial charge in [0.15, 0.2) is 0 Å². The van der Waals surface area contributed by atoms with Crippen molar-refractivity contribution in [3.8, 4) is 16.3 Å². The Labute approximate surface area is 158 Å². The van der Waals surface area contributed by atoms with E-state index in [9.17, 15) is 5.11 Å². The maximum absolute atomic E-state index is 10.9. The van der Waals surface area contributed by atoms with Crippen LogP contribution in [0.5, 0.6) is 5.88 Å². The summed E-state index contributed by atoms with van der Waals surface area (Å²) in [4.78, 5) is 6.89. The van der Waals surface area contributed by atoms with Crippen LogP contribution in [0, 0.1) is 11.8 Å². The van der Waals surface area contributed by atoms with Crippen LogP contribution in [0.15, 0.2) is 30.5 Å². The summed E-state index contributed by atoms with van der Waals surface area (Å²) < 4.78 is 5.14. The van der Waals surface area contributed by atoms with Crippen LogP contribution in [0.3, 0.4) is 0 Å². The lowest BCUT2D eigenvalue weighted by atomic mass is 9.51. The third-order valence-electron chi connectivity index (χ3n) is 6.56. The van der Waals surface area contributed by atoms with E-state index in [1.54, 1.807) is 7.11 Å². The van der Waals surface area contributed by atoms with E-state index in [-0.39, 0.29) is 5.54 Å². The van der Waals surface area contributed by atoms with E-state index >= 15 is 0 Å². The number of aliphatic hydroxyl groups is 1. The van der Waals surface area contributed by atoms with Gasteiger partial charge in [-0.25, -0.2) is 4.98 Å². The van der Waals surface area contributed by atoms with Crippen LogP contribution in [-0.4, -0.2) is 28.3 Å². The van der Waals surface area contributed by atoms with Crippen LogP contribution >= 0.6 is 11.3 Å². The van der Waals surface area contributed by atoms with Gasteiger partial charge in [-0.05, 0) is 68.6 Å².